The monoisotopic (exact) mass is 182 g/mol. The van der Waals surface area contributed by atoms with Gasteiger partial charge in [-0.3, -0.25) is 4.98 Å². The van der Waals surface area contributed by atoms with Gasteiger partial charge in [0.1, 0.15) is 0 Å². The van der Waals surface area contributed by atoms with Gasteiger partial charge < -0.3 is 5.32 Å². The summed E-state index contributed by atoms with van der Waals surface area (Å²) >= 11 is 4.13. The summed E-state index contributed by atoms with van der Waals surface area (Å²) in [5.74, 6) is 0.944. The van der Waals surface area contributed by atoms with Gasteiger partial charge in [-0.15, -0.1) is 0 Å². The van der Waals surface area contributed by atoms with Crippen LogP contribution >= 0.6 is 12.6 Å². The molecule has 0 spiro atoms. The van der Waals surface area contributed by atoms with Crippen molar-refractivity contribution in [3.8, 4) is 0 Å². The van der Waals surface area contributed by atoms with E-state index in [1.807, 2.05) is 12.3 Å². The summed E-state index contributed by atoms with van der Waals surface area (Å²) < 4.78 is 0. The van der Waals surface area contributed by atoms with E-state index in [0.717, 1.165) is 25.3 Å². The molecular formula is C9H14N2S. The second-order valence-corrected chi connectivity index (χ2v) is 3.06. The Hall–Kier alpha value is -0.540. The Bertz CT molecular complexity index is 201. The maximum absolute atomic E-state index is 4.13. The normalized spacial score (nSPS) is 10.1. The van der Waals surface area contributed by atoms with Gasteiger partial charge in [-0.1, -0.05) is 6.07 Å². The number of thiol groups is 1. The third-order valence-corrected chi connectivity index (χ3v) is 1.88. The fourth-order valence-electron chi connectivity index (χ4n) is 0.939. The number of pyridine rings is 1. The van der Waals surface area contributed by atoms with Crippen LogP contribution in [0.25, 0.3) is 0 Å². The van der Waals surface area contributed by atoms with Crippen LogP contribution in [-0.2, 0) is 6.54 Å². The quantitative estimate of drug-likeness (QED) is 0.533. The molecule has 0 amide bonds. The van der Waals surface area contributed by atoms with Crippen molar-refractivity contribution in [1.29, 1.82) is 0 Å². The van der Waals surface area contributed by atoms with Gasteiger partial charge in [0.2, 0.25) is 0 Å². The molecule has 0 fully saturated rings. The van der Waals surface area contributed by atoms with E-state index in [1.54, 1.807) is 6.20 Å². The predicted octanol–water partition coefficient (Wildman–Crippen LogP) is 1.49. The molecule has 0 aliphatic heterocycles. The van der Waals surface area contributed by atoms with Crippen molar-refractivity contribution in [3.63, 3.8) is 0 Å². The Morgan fingerprint density at radius 2 is 2.42 bits per heavy atom. The van der Waals surface area contributed by atoms with Crippen LogP contribution in [0.4, 0.5) is 0 Å². The molecule has 1 rings (SSSR count). The molecule has 0 atom stereocenters. The molecule has 1 aromatic rings. The van der Waals surface area contributed by atoms with Crippen molar-refractivity contribution in [3.05, 3.63) is 30.1 Å². The summed E-state index contributed by atoms with van der Waals surface area (Å²) in [5.41, 5.74) is 1.23. The molecule has 2 nitrogen and oxygen atoms in total. The first-order valence-electron chi connectivity index (χ1n) is 4.14. The van der Waals surface area contributed by atoms with Crippen LogP contribution < -0.4 is 5.32 Å². The Morgan fingerprint density at radius 3 is 3.08 bits per heavy atom. The third-order valence-electron chi connectivity index (χ3n) is 1.56. The first-order chi connectivity index (χ1) is 5.93. The van der Waals surface area contributed by atoms with E-state index in [1.165, 1.54) is 5.56 Å². The molecule has 12 heavy (non-hydrogen) atoms. The summed E-state index contributed by atoms with van der Waals surface area (Å²) in [5, 5.41) is 3.31. The molecule has 0 aromatic carbocycles. The van der Waals surface area contributed by atoms with Crippen LogP contribution in [0.3, 0.4) is 0 Å². The van der Waals surface area contributed by atoms with Crippen LogP contribution in [0.2, 0.25) is 0 Å². The Morgan fingerprint density at radius 1 is 1.50 bits per heavy atom. The maximum atomic E-state index is 4.13. The largest absolute Gasteiger partial charge is 0.313 e. The number of aromatic nitrogens is 1. The fourth-order valence-corrected chi connectivity index (χ4v) is 1.10. The molecule has 66 valence electrons. The standard InChI is InChI=1S/C9H14N2S/c12-6-2-5-11-8-9-3-1-4-10-7-9/h1,3-4,7,11-12H,2,5-6,8H2. The van der Waals surface area contributed by atoms with E-state index >= 15 is 0 Å². The van der Waals surface area contributed by atoms with E-state index in [0.29, 0.717) is 0 Å². The molecule has 1 aromatic heterocycles. The van der Waals surface area contributed by atoms with Crippen LogP contribution in [0.5, 0.6) is 0 Å². The molecular weight excluding hydrogens is 168 g/mol. The molecule has 0 unspecified atom stereocenters. The highest BCUT2D eigenvalue weighted by Gasteiger charge is 1.89. The number of nitrogens with zero attached hydrogens (tertiary/aromatic N) is 1. The minimum absolute atomic E-state index is 0.904. The lowest BCUT2D eigenvalue weighted by Crippen LogP contribution is -2.14. The molecule has 1 heterocycles. The van der Waals surface area contributed by atoms with Gasteiger partial charge in [-0.25, -0.2) is 0 Å². The Balaban J connectivity index is 2.16. The Kier molecular flexibility index (Phi) is 4.80. The highest BCUT2D eigenvalue weighted by Crippen LogP contribution is 1.94. The van der Waals surface area contributed by atoms with Crippen molar-refractivity contribution in [2.45, 2.75) is 13.0 Å². The zero-order chi connectivity index (χ0) is 8.65. The van der Waals surface area contributed by atoms with Crippen molar-refractivity contribution in [2.75, 3.05) is 12.3 Å². The van der Waals surface area contributed by atoms with Crippen LogP contribution in [0.15, 0.2) is 24.5 Å². The van der Waals surface area contributed by atoms with E-state index in [2.05, 4.69) is 29.0 Å². The van der Waals surface area contributed by atoms with Gasteiger partial charge in [0.25, 0.3) is 0 Å². The third kappa shape index (κ3) is 3.74. The number of hydrogen-bond acceptors (Lipinski definition) is 3. The first-order valence-corrected chi connectivity index (χ1v) is 4.77. The lowest BCUT2D eigenvalue weighted by Gasteiger charge is -2.01. The SMILES string of the molecule is SCCCNCc1cccnc1. The van der Waals surface area contributed by atoms with Crippen molar-refractivity contribution >= 4 is 12.6 Å². The fraction of sp³-hybridized carbons (Fsp3) is 0.444. The first kappa shape index (κ1) is 9.55. The lowest BCUT2D eigenvalue weighted by atomic mass is 10.3. The van der Waals surface area contributed by atoms with Gasteiger partial charge in [0.05, 0.1) is 0 Å². The van der Waals surface area contributed by atoms with Gasteiger partial charge in [-0.05, 0) is 30.3 Å². The molecule has 0 bridgehead atoms. The lowest BCUT2D eigenvalue weighted by molar-refractivity contribution is 0.678. The summed E-state index contributed by atoms with van der Waals surface area (Å²) in [4.78, 5) is 4.03. The molecule has 0 saturated carbocycles. The highest BCUT2D eigenvalue weighted by atomic mass is 32.1. The Labute approximate surface area is 78.8 Å². The van der Waals surface area contributed by atoms with E-state index in [-0.39, 0.29) is 0 Å². The molecule has 1 N–H and O–H groups in total. The summed E-state index contributed by atoms with van der Waals surface area (Å²) in [6.07, 6.45) is 4.79. The topological polar surface area (TPSA) is 24.9 Å². The molecule has 0 saturated heterocycles. The van der Waals surface area contributed by atoms with E-state index < -0.39 is 0 Å². The molecule has 0 aliphatic rings. The predicted molar refractivity (Wildman–Crippen MR) is 54.4 cm³/mol. The molecule has 3 heteroatoms. The second kappa shape index (κ2) is 6.03. The second-order valence-electron chi connectivity index (χ2n) is 2.62. The van der Waals surface area contributed by atoms with Gasteiger partial charge in [-0.2, -0.15) is 12.6 Å². The zero-order valence-electron chi connectivity index (χ0n) is 7.03. The summed E-state index contributed by atoms with van der Waals surface area (Å²) in [6, 6.07) is 4.02. The van der Waals surface area contributed by atoms with Crippen molar-refractivity contribution < 1.29 is 0 Å². The van der Waals surface area contributed by atoms with Crippen LogP contribution in [-0.4, -0.2) is 17.3 Å². The summed E-state index contributed by atoms with van der Waals surface area (Å²) in [6.45, 7) is 1.93. The average Bonchev–Trinajstić information content (AvgIpc) is 2.14. The molecule has 0 radical (unpaired) electrons. The zero-order valence-corrected chi connectivity index (χ0v) is 7.93. The smallest absolute Gasteiger partial charge is 0.0312 e. The molecule has 0 aliphatic carbocycles. The number of rotatable bonds is 5. The van der Waals surface area contributed by atoms with Gasteiger partial charge in [0.15, 0.2) is 0 Å². The minimum Gasteiger partial charge on any atom is -0.313 e. The number of hydrogen-bond donors (Lipinski definition) is 2. The minimum atomic E-state index is 0.904. The number of nitrogens with one attached hydrogen (secondary N) is 1. The van der Waals surface area contributed by atoms with Crippen molar-refractivity contribution in [1.82, 2.24) is 10.3 Å². The average molecular weight is 182 g/mol. The maximum Gasteiger partial charge on any atom is 0.0312 e. The summed E-state index contributed by atoms with van der Waals surface area (Å²) in [7, 11) is 0. The van der Waals surface area contributed by atoms with Crippen molar-refractivity contribution in [2.24, 2.45) is 0 Å². The van der Waals surface area contributed by atoms with Gasteiger partial charge >= 0.3 is 0 Å². The van der Waals surface area contributed by atoms with E-state index in [4.69, 9.17) is 0 Å². The van der Waals surface area contributed by atoms with Gasteiger partial charge in [0, 0.05) is 18.9 Å². The van der Waals surface area contributed by atoms with E-state index in [9.17, 15) is 0 Å². The van der Waals surface area contributed by atoms with Crippen LogP contribution in [0, 0.1) is 0 Å². The highest BCUT2D eigenvalue weighted by molar-refractivity contribution is 7.80. The van der Waals surface area contributed by atoms with Crippen LogP contribution in [0.1, 0.15) is 12.0 Å².